The molecule has 0 fully saturated rings. The average Bonchev–Trinajstić information content (AvgIpc) is 2.92. The highest BCUT2D eigenvalue weighted by Gasteiger charge is 2.13. The Morgan fingerprint density at radius 2 is 2.05 bits per heavy atom. The molecule has 0 amide bonds. The monoisotopic (exact) mass is 274 g/mol. The van der Waals surface area contributed by atoms with E-state index in [9.17, 15) is 4.79 Å². The molecule has 0 unspecified atom stereocenters. The van der Waals surface area contributed by atoms with E-state index in [1.807, 2.05) is 37.3 Å². The maximum Gasteiger partial charge on any atom is 0.169 e. The molecule has 1 aromatic heterocycles. The zero-order valence-corrected chi connectivity index (χ0v) is 11.7. The smallest absolute Gasteiger partial charge is 0.169 e. The van der Waals surface area contributed by atoms with E-state index in [2.05, 4.69) is 11.1 Å². The van der Waals surface area contributed by atoms with Crippen LogP contribution in [0.5, 0.6) is 0 Å². The third kappa shape index (κ3) is 2.44. The minimum atomic E-state index is 0.0836. The predicted molar refractivity (Wildman–Crippen MR) is 82.2 cm³/mol. The zero-order valence-electron chi connectivity index (χ0n) is 11.7. The molecule has 3 aromatic rings. The molecule has 102 valence electrons. The maximum atomic E-state index is 12.5. The highest BCUT2D eigenvalue weighted by Crippen LogP contribution is 2.21. The fourth-order valence-electron chi connectivity index (χ4n) is 2.50. The standard InChI is InChI=1S/C18H14N2O/c1-12-4-2-3-5-14(12)9-18(21)16-11-20-17-8-13(10-19)6-7-15(16)17/h2-8,11,20H,9H2,1H3. The van der Waals surface area contributed by atoms with E-state index in [4.69, 9.17) is 5.26 Å². The van der Waals surface area contributed by atoms with Crippen molar-refractivity contribution in [2.24, 2.45) is 0 Å². The summed E-state index contributed by atoms with van der Waals surface area (Å²) in [6.45, 7) is 2.01. The molecular formula is C18H14N2O. The summed E-state index contributed by atoms with van der Waals surface area (Å²) in [5.41, 5.74) is 4.25. The van der Waals surface area contributed by atoms with Crippen molar-refractivity contribution >= 4 is 16.7 Å². The summed E-state index contributed by atoms with van der Waals surface area (Å²) in [7, 11) is 0. The molecule has 21 heavy (non-hydrogen) atoms. The number of hydrogen-bond donors (Lipinski definition) is 1. The van der Waals surface area contributed by atoms with Crippen LogP contribution < -0.4 is 0 Å². The van der Waals surface area contributed by atoms with Crippen LogP contribution in [-0.2, 0) is 6.42 Å². The van der Waals surface area contributed by atoms with Crippen LogP contribution in [0.2, 0.25) is 0 Å². The quantitative estimate of drug-likeness (QED) is 0.739. The van der Waals surface area contributed by atoms with Gasteiger partial charge in [0.05, 0.1) is 11.6 Å². The molecule has 2 aromatic carbocycles. The largest absolute Gasteiger partial charge is 0.360 e. The van der Waals surface area contributed by atoms with E-state index in [-0.39, 0.29) is 5.78 Å². The fourth-order valence-corrected chi connectivity index (χ4v) is 2.50. The van der Waals surface area contributed by atoms with E-state index in [1.165, 1.54) is 0 Å². The normalized spacial score (nSPS) is 10.5. The van der Waals surface area contributed by atoms with Crippen molar-refractivity contribution in [3.05, 3.63) is 70.9 Å². The number of nitriles is 1. The van der Waals surface area contributed by atoms with Crippen LogP contribution in [0.15, 0.2) is 48.7 Å². The molecule has 0 spiro atoms. The number of aromatic nitrogens is 1. The van der Waals surface area contributed by atoms with E-state index >= 15 is 0 Å². The molecule has 3 heteroatoms. The molecule has 0 atom stereocenters. The number of nitrogens with zero attached hydrogens (tertiary/aromatic N) is 1. The maximum absolute atomic E-state index is 12.5. The number of fused-ring (bicyclic) bond motifs is 1. The molecule has 0 aliphatic heterocycles. The van der Waals surface area contributed by atoms with Crippen molar-refractivity contribution in [1.29, 1.82) is 5.26 Å². The van der Waals surface area contributed by atoms with Crippen molar-refractivity contribution in [3.8, 4) is 6.07 Å². The lowest BCUT2D eigenvalue weighted by atomic mass is 9.99. The van der Waals surface area contributed by atoms with Crippen LogP contribution in [0.25, 0.3) is 10.9 Å². The van der Waals surface area contributed by atoms with E-state index in [0.717, 1.165) is 22.0 Å². The first-order valence-corrected chi connectivity index (χ1v) is 6.78. The third-order valence-corrected chi connectivity index (χ3v) is 3.72. The van der Waals surface area contributed by atoms with Gasteiger partial charge in [0.25, 0.3) is 0 Å². The van der Waals surface area contributed by atoms with Crippen LogP contribution in [0.3, 0.4) is 0 Å². The Bertz CT molecular complexity index is 868. The van der Waals surface area contributed by atoms with E-state index < -0.39 is 0 Å². The number of aryl methyl sites for hydroxylation is 1. The lowest BCUT2D eigenvalue weighted by molar-refractivity contribution is 0.0994. The van der Waals surface area contributed by atoms with Gasteiger partial charge in [-0.05, 0) is 30.2 Å². The number of benzene rings is 2. The number of Topliss-reactive ketones (excluding diaryl/α,β-unsaturated/α-hetero) is 1. The Balaban J connectivity index is 1.96. The summed E-state index contributed by atoms with van der Waals surface area (Å²) < 4.78 is 0. The molecule has 0 saturated carbocycles. The van der Waals surface area contributed by atoms with Gasteiger partial charge in [-0.2, -0.15) is 5.26 Å². The number of nitrogens with one attached hydrogen (secondary N) is 1. The first-order valence-electron chi connectivity index (χ1n) is 6.78. The summed E-state index contributed by atoms with van der Waals surface area (Å²) in [4.78, 5) is 15.6. The summed E-state index contributed by atoms with van der Waals surface area (Å²) >= 11 is 0. The Kier molecular flexibility index (Phi) is 3.29. The van der Waals surface area contributed by atoms with Crippen LogP contribution in [0, 0.1) is 18.3 Å². The number of carbonyl (C=O) groups excluding carboxylic acids is 1. The topological polar surface area (TPSA) is 56.6 Å². The van der Waals surface area contributed by atoms with Crippen LogP contribution in [0.1, 0.15) is 27.0 Å². The molecular weight excluding hydrogens is 260 g/mol. The van der Waals surface area contributed by atoms with Crippen molar-refractivity contribution in [3.63, 3.8) is 0 Å². The molecule has 0 radical (unpaired) electrons. The highest BCUT2D eigenvalue weighted by atomic mass is 16.1. The number of rotatable bonds is 3. The van der Waals surface area contributed by atoms with Crippen LogP contribution >= 0.6 is 0 Å². The van der Waals surface area contributed by atoms with Crippen molar-refractivity contribution in [2.75, 3.05) is 0 Å². The molecule has 3 nitrogen and oxygen atoms in total. The van der Waals surface area contributed by atoms with Crippen molar-refractivity contribution in [2.45, 2.75) is 13.3 Å². The number of H-pyrrole nitrogens is 1. The lowest BCUT2D eigenvalue weighted by Crippen LogP contribution is -2.04. The Hall–Kier alpha value is -2.86. The van der Waals surface area contributed by atoms with Gasteiger partial charge in [-0.3, -0.25) is 4.79 Å². The van der Waals surface area contributed by atoms with Gasteiger partial charge in [-0.1, -0.05) is 30.3 Å². The SMILES string of the molecule is Cc1ccccc1CC(=O)c1c[nH]c2cc(C#N)ccc12. The Morgan fingerprint density at radius 1 is 1.24 bits per heavy atom. The summed E-state index contributed by atoms with van der Waals surface area (Å²) in [5.74, 6) is 0.0836. The van der Waals surface area contributed by atoms with Gasteiger partial charge in [-0.15, -0.1) is 0 Å². The Morgan fingerprint density at radius 3 is 2.81 bits per heavy atom. The third-order valence-electron chi connectivity index (χ3n) is 3.72. The first-order chi connectivity index (χ1) is 10.2. The first kappa shape index (κ1) is 13.1. The summed E-state index contributed by atoms with van der Waals surface area (Å²) in [6, 6.07) is 15.3. The van der Waals surface area contributed by atoms with Gasteiger partial charge in [0.2, 0.25) is 0 Å². The van der Waals surface area contributed by atoms with Gasteiger partial charge >= 0.3 is 0 Å². The van der Waals surface area contributed by atoms with Gasteiger partial charge in [0, 0.05) is 29.1 Å². The number of ketones is 1. The average molecular weight is 274 g/mol. The second-order valence-electron chi connectivity index (χ2n) is 5.10. The molecule has 0 bridgehead atoms. The van der Waals surface area contributed by atoms with Gasteiger partial charge < -0.3 is 4.98 Å². The van der Waals surface area contributed by atoms with E-state index in [0.29, 0.717) is 17.5 Å². The molecule has 3 rings (SSSR count). The minimum absolute atomic E-state index is 0.0836. The predicted octanol–water partition coefficient (Wildman–Crippen LogP) is 3.77. The molecule has 1 N–H and O–H groups in total. The van der Waals surface area contributed by atoms with Crippen molar-refractivity contribution < 1.29 is 4.79 Å². The molecule has 0 aliphatic rings. The van der Waals surface area contributed by atoms with Crippen molar-refractivity contribution in [1.82, 2.24) is 4.98 Å². The van der Waals surface area contributed by atoms with Gasteiger partial charge in [0.15, 0.2) is 5.78 Å². The lowest BCUT2D eigenvalue weighted by Gasteiger charge is -2.04. The summed E-state index contributed by atoms with van der Waals surface area (Å²) in [6.07, 6.45) is 2.12. The van der Waals surface area contributed by atoms with Gasteiger partial charge in [-0.25, -0.2) is 0 Å². The fraction of sp³-hybridized carbons (Fsp3) is 0.111. The second-order valence-corrected chi connectivity index (χ2v) is 5.10. The number of hydrogen-bond acceptors (Lipinski definition) is 2. The van der Waals surface area contributed by atoms with Crippen LogP contribution in [-0.4, -0.2) is 10.8 Å². The zero-order chi connectivity index (χ0) is 14.8. The minimum Gasteiger partial charge on any atom is -0.360 e. The number of aromatic amines is 1. The number of carbonyl (C=O) groups is 1. The van der Waals surface area contributed by atoms with Crippen LogP contribution in [0.4, 0.5) is 0 Å². The molecule has 0 saturated heterocycles. The molecule has 0 aliphatic carbocycles. The molecule has 1 heterocycles. The summed E-state index contributed by atoms with van der Waals surface area (Å²) in [5, 5.41) is 9.78. The highest BCUT2D eigenvalue weighted by molar-refractivity contribution is 6.08. The second kappa shape index (κ2) is 5.26. The Labute approximate surface area is 122 Å². The van der Waals surface area contributed by atoms with Gasteiger partial charge in [0.1, 0.15) is 0 Å². The van der Waals surface area contributed by atoms with E-state index in [1.54, 1.807) is 18.3 Å².